The summed E-state index contributed by atoms with van der Waals surface area (Å²) >= 11 is 0. The molecule has 1 saturated carbocycles. The molecule has 0 bridgehead atoms. The Hall–Kier alpha value is -0.0800. The van der Waals surface area contributed by atoms with Gasteiger partial charge in [0.05, 0.1) is 0 Å². The maximum absolute atomic E-state index is 5.49. The van der Waals surface area contributed by atoms with Gasteiger partial charge in [-0.2, -0.15) is 0 Å². The van der Waals surface area contributed by atoms with E-state index in [1.54, 1.807) is 0 Å². The molecular formula is C17H35NO. The molecule has 1 aliphatic carbocycles. The zero-order chi connectivity index (χ0) is 14.1. The van der Waals surface area contributed by atoms with Crippen molar-refractivity contribution in [3.63, 3.8) is 0 Å². The minimum Gasteiger partial charge on any atom is -0.382 e. The molecule has 0 saturated heterocycles. The topological polar surface area (TPSA) is 21.3 Å². The molecule has 0 aromatic rings. The van der Waals surface area contributed by atoms with Crippen molar-refractivity contribution in [2.45, 2.75) is 78.2 Å². The van der Waals surface area contributed by atoms with E-state index in [4.69, 9.17) is 4.74 Å². The second-order valence-electron chi connectivity index (χ2n) is 7.13. The second kappa shape index (κ2) is 8.97. The van der Waals surface area contributed by atoms with Gasteiger partial charge < -0.3 is 10.1 Å². The van der Waals surface area contributed by atoms with Gasteiger partial charge in [0.15, 0.2) is 0 Å². The van der Waals surface area contributed by atoms with Crippen molar-refractivity contribution in [2.75, 3.05) is 19.8 Å². The average molecular weight is 269 g/mol. The number of hydrogen-bond donors (Lipinski definition) is 1. The third-order valence-electron chi connectivity index (χ3n) is 4.28. The quantitative estimate of drug-likeness (QED) is 0.547. The Kier molecular flexibility index (Phi) is 8.01. The molecule has 0 radical (unpaired) electrons. The summed E-state index contributed by atoms with van der Waals surface area (Å²) in [5, 5.41) is 3.72. The van der Waals surface area contributed by atoms with Crippen LogP contribution in [0, 0.1) is 11.8 Å². The molecule has 0 spiro atoms. The van der Waals surface area contributed by atoms with Crippen LogP contribution in [0.2, 0.25) is 0 Å². The monoisotopic (exact) mass is 269 g/mol. The molecule has 1 fully saturated rings. The molecular weight excluding hydrogens is 234 g/mol. The first kappa shape index (κ1) is 17.0. The van der Waals surface area contributed by atoms with Crippen molar-refractivity contribution in [3.8, 4) is 0 Å². The van der Waals surface area contributed by atoms with E-state index in [1.807, 2.05) is 0 Å². The van der Waals surface area contributed by atoms with Crippen molar-refractivity contribution in [2.24, 2.45) is 11.8 Å². The minimum absolute atomic E-state index is 0.252. The smallest absolute Gasteiger partial charge is 0.0465 e. The number of ether oxygens (including phenoxy) is 1. The van der Waals surface area contributed by atoms with Gasteiger partial charge in [0.2, 0.25) is 0 Å². The van der Waals surface area contributed by atoms with Crippen molar-refractivity contribution in [1.82, 2.24) is 5.32 Å². The molecule has 1 N–H and O–H groups in total. The van der Waals surface area contributed by atoms with Crippen LogP contribution in [0.25, 0.3) is 0 Å². The SMILES string of the molecule is CCOCCCC1CCCCCC1CNC(C)(C)C. The molecule has 0 aromatic carbocycles. The lowest BCUT2D eigenvalue weighted by Gasteiger charge is -2.29. The molecule has 2 atom stereocenters. The molecule has 19 heavy (non-hydrogen) atoms. The van der Waals surface area contributed by atoms with Gasteiger partial charge >= 0.3 is 0 Å². The largest absolute Gasteiger partial charge is 0.382 e. The second-order valence-corrected chi connectivity index (χ2v) is 7.13. The summed E-state index contributed by atoms with van der Waals surface area (Å²) in [6.45, 7) is 11.9. The summed E-state index contributed by atoms with van der Waals surface area (Å²) in [7, 11) is 0. The normalized spacial score (nSPS) is 25.3. The lowest BCUT2D eigenvalue weighted by atomic mass is 9.84. The number of nitrogens with one attached hydrogen (secondary N) is 1. The van der Waals surface area contributed by atoms with Gasteiger partial charge in [-0.1, -0.05) is 25.7 Å². The minimum atomic E-state index is 0.252. The van der Waals surface area contributed by atoms with E-state index in [0.29, 0.717) is 0 Å². The van der Waals surface area contributed by atoms with E-state index in [-0.39, 0.29) is 5.54 Å². The van der Waals surface area contributed by atoms with E-state index in [1.165, 1.54) is 51.5 Å². The van der Waals surface area contributed by atoms with Crippen molar-refractivity contribution < 1.29 is 4.74 Å². The Morgan fingerprint density at radius 2 is 1.74 bits per heavy atom. The molecule has 2 heteroatoms. The highest BCUT2D eigenvalue weighted by molar-refractivity contribution is 4.79. The first-order chi connectivity index (χ1) is 9.03. The lowest BCUT2D eigenvalue weighted by Crippen LogP contribution is -2.40. The highest BCUT2D eigenvalue weighted by Gasteiger charge is 2.24. The average Bonchev–Trinajstić information content (AvgIpc) is 2.56. The summed E-state index contributed by atoms with van der Waals surface area (Å²) in [5.41, 5.74) is 0.252. The summed E-state index contributed by atoms with van der Waals surface area (Å²) in [6.07, 6.45) is 9.75. The van der Waals surface area contributed by atoms with Crippen LogP contribution in [0.1, 0.15) is 72.6 Å². The van der Waals surface area contributed by atoms with Gasteiger partial charge in [0.1, 0.15) is 0 Å². The van der Waals surface area contributed by atoms with Crippen molar-refractivity contribution in [3.05, 3.63) is 0 Å². The standard InChI is InChI=1S/C17H35NO/c1-5-19-13-9-12-15-10-7-6-8-11-16(15)14-18-17(2,3)4/h15-16,18H,5-14H2,1-4H3. The Morgan fingerprint density at radius 1 is 1.05 bits per heavy atom. The maximum atomic E-state index is 5.49. The van der Waals surface area contributed by atoms with Crippen LogP contribution < -0.4 is 5.32 Å². The van der Waals surface area contributed by atoms with Crippen LogP contribution in [0.15, 0.2) is 0 Å². The number of hydrogen-bond acceptors (Lipinski definition) is 2. The zero-order valence-electron chi connectivity index (χ0n) is 13.6. The van der Waals surface area contributed by atoms with E-state index < -0.39 is 0 Å². The van der Waals surface area contributed by atoms with Crippen LogP contribution in [0.5, 0.6) is 0 Å². The van der Waals surface area contributed by atoms with Crippen LogP contribution in [-0.2, 0) is 4.74 Å². The zero-order valence-corrected chi connectivity index (χ0v) is 13.6. The Bertz CT molecular complexity index is 222. The fourth-order valence-corrected chi connectivity index (χ4v) is 3.14. The van der Waals surface area contributed by atoms with Gasteiger partial charge in [-0.25, -0.2) is 0 Å². The van der Waals surface area contributed by atoms with E-state index in [0.717, 1.165) is 25.0 Å². The fourth-order valence-electron chi connectivity index (χ4n) is 3.14. The van der Waals surface area contributed by atoms with E-state index in [9.17, 15) is 0 Å². The van der Waals surface area contributed by atoms with Gasteiger partial charge in [-0.05, 0) is 65.3 Å². The summed E-state index contributed by atoms with van der Waals surface area (Å²) in [5.74, 6) is 1.79. The fraction of sp³-hybridized carbons (Fsp3) is 1.00. The molecule has 0 aromatic heterocycles. The molecule has 114 valence electrons. The highest BCUT2D eigenvalue weighted by atomic mass is 16.5. The molecule has 2 nitrogen and oxygen atoms in total. The lowest BCUT2D eigenvalue weighted by molar-refractivity contribution is 0.133. The highest BCUT2D eigenvalue weighted by Crippen LogP contribution is 2.32. The predicted molar refractivity (Wildman–Crippen MR) is 83.5 cm³/mol. The molecule has 1 rings (SSSR count). The summed E-state index contributed by atoms with van der Waals surface area (Å²) in [4.78, 5) is 0. The van der Waals surface area contributed by atoms with E-state index in [2.05, 4.69) is 33.0 Å². The Morgan fingerprint density at radius 3 is 2.37 bits per heavy atom. The summed E-state index contributed by atoms with van der Waals surface area (Å²) in [6, 6.07) is 0. The van der Waals surface area contributed by atoms with E-state index >= 15 is 0 Å². The van der Waals surface area contributed by atoms with Gasteiger partial charge in [0, 0.05) is 18.8 Å². The Balaban J connectivity index is 2.37. The first-order valence-electron chi connectivity index (χ1n) is 8.35. The van der Waals surface area contributed by atoms with Crippen LogP contribution in [0.3, 0.4) is 0 Å². The molecule has 0 heterocycles. The van der Waals surface area contributed by atoms with Gasteiger partial charge in [-0.15, -0.1) is 0 Å². The van der Waals surface area contributed by atoms with Crippen molar-refractivity contribution in [1.29, 1.82) is 0 Å². The summed E-state index contributed by atoms with van der Waals surface area (Å²) < 4.78 is 5.49. The first-order valence-corrected chi connectivity index (χ1v) is 8.35. The van der Waals surface area contributed by atoms with Crippen LogP contribution >= 0.6 is 0 Å². The van der Waals surface area contributed by atoms with Gasteiger partial charge in [0.25, 0.3) is 0 Å². The molecule has 0 aliphatic heterocycles. The molecule has 0 amide bonds. The van der Waals surface area contributed by atoms with Crippen LogP contribution in [-0.4, -0.2) is 25.3 Å². The maximum Gasteiger partial charge on any atom is 0.0465 e. The van der Waals surface area contributed by atoms with Crippen LogP contribution in [0.4, 0.5) is 0 Å². The predicted octanol–water partition coefficient (Wildman–Crippen LogP) is 4.39. The third-order valence-corrected chi connectivity index (χ3v) is 4.28. The van der Waals surface area contributed by atoms with Crippen molar-refractivity contribution >= 4 is 0 Å². The third kappa shape index (κ3) is 7.94. The number of rotatable bonds is 7. The van der Waals surface area contributed by atoms with Gasteiger partial charge in [-0.3, -0.25) is 0 Å². The Labute approximate surface area is 120 Å². The molecule has 2 unspecified atom stereocenters. The molecule has 1 aliphatic rings.